The van der Waals surface area contributed by atoms with Gasteiger partial charge in [0.1, 0.15) is 0 Å². The molecule has 0 radical (unpaired) electrons. The van der Waals surface area contributed by atoms with E-state index in [1.165, 1.54) is 0 Å². The van der Waals surface area contributed by atoms with Crippen LogP contribution in [0.5, 0.6) is 0 Å². The number of hydrogen-bond donors (Lipinski definition) is 2. The quantitative estimate of drug-likeness (QED) is 0.850. The van der Waals surface area contributed by atoms with Crippen molar-refractivity contribution in [3.05, 3.63) is 36.0 Å². The van der Waals surface area contributed by atoms with E-state index in [2.05, 4.69) is 10.3 Å². The molecule has 0 aliphatic rings. The van der Waals surface area contributed by atoms with Crippen molar-refractivity contribution in [3.8, 4) is 0 Å². The standard InChI is InChI=1S/C14H18N2O2/c1-3-18-10(2)9-16-14(17)12-4-5-13-11(8-12)6-7-15-13/h4-8,10,15H,3,9H2,1-2H3,(H,16,17). The lowest BCUT2D eigenvalue weighted by Crippen LogP contribution is -2.32. The van der Waals surface area contributed by atoms with Gasteiger partial charge in [-0.05, 0) is 38.1 Å². The van der Waals surface area contributed by atoms with E-state index in [0.717, 1.165) is 10.9 Å². The number of nitrogens with one attached hydrogen (secondary N) is 2. The van der Waals surface area contributed by atoms with Crippen LogP contribution in [-0.2, 0) is 4.74 Å². The lowest BCUT2D eigenvalue weighted by atomic mass is 10.1. The number of fused-ring (bicyclic) bond motifs is 1. The highest BCUT2D eigenvalue weighted by molar-refractivity contribution is 5.98. The molecular formula is C14H18N2O2. The summed E-state index contributed by atoms with van der Waals surface area (Å²) >= 11 is 0. The number of H-pyrrole nitrogens is 1. The van der Waals surface area contributed by atoms with Crippen molar-refractivity contribution < 1.29 is 9.53 Å². The van der Waals surface area contributed by atoms with Gasteiger partial charge in [0, 0.05) is 35.8 Å². The van der Waals surface area contributed by atoms with Crippen LogP contribution in [0.2, 0.25) is 0 Å². The minimum Gasteiger partial charge on any atom is -0.377 e. The van der Waals surface area contributed by atoms with E-state index in [1.807, 2.05) is 44.3 Å². The highest BCUT2D eigenvalue weighted by Gasteiger charge is 2.08. The molecule has 2 aromatic rings. The lowest BCUT2D eigenvalue weighted by Gasteiger charge is -2.12. The third-order valence-electron chi connectivity index (χ3n) is 2.82. The molecule has 18 heavy (non-hydrogen) atoms. The van der Waals surface area contributed by atoms with Crippen LogP contribution in [0.15, 0.2) is 30.5 Å². The van der Waals surface area contributed by atoms with Crippen LogP contribution in [0.25, 0.3) is 10.9 Å². The second kappa shape index (κ2) is 5.69. The maximum Gasteiger partial charge on any atom is 0.251 e. The Hall–Kier alpha value is -1.81. The van der Waals surface area contributed by atoms with Crippen molar-refractivity contribution in [1.82, 2.24) is 10.3 Å². The molecule has 0 saturated heterocycles. The van der Waals surface area contributed by atoms with Gasteiger partial charge in [-0.25, -0.2) is 0 Å². The van der Waals surface area contributed by atoms with Gasteiger partial charge in [0.15, 0.2) is 0 Å². The number of rotatable bonds is 5. The van der Waals surface area contributed by atoms with Crippen molar-refractivity contribution >= 4 is 16.8 Å². The summed E-state index contributed by atoms with van der Waals surface area (Å²) in [5.74, 6) is -0.0651. The van der Waals surface area contributed by atoms with Crippen LogP contribution >= 0.6 is 0 Å². The Labute approximate surface area is 106 Å². The Kier molecular flexibility index (Phi) is 3.99. The van der Waals surface area contributed by atoms with Crippen molar-refractivity contribution in [2.45, 2.75) is 20.0 Å². The molecule has 1 aromatic heterocycles. The number of carbonyl (C=O) groups is 1. The number of aromatic nitrogens is 1. The maximum absolute atomic E-state index is 11.9. The van der Waals surface area contributed by atoms with Gasteiger partial charge in [0.05, 0.1) is 6.10 Å². The first kappa shape index (κ1) is 12.6. The molecule has 4 nitrogen and oxygen atoms in total. The zero-order valence-corrected chi connectivity index (χ0v) is 10.7. The number of benzene rings is 1. The van der Waals surface area contributed by atoms with Crippen LogP contribution in [0, 0.1) is 0 Å². The van der Waals surface area contributed by atoms with Crippen molar-refractivity contribution in [2.24, 2.45) is 0 Å². The summed E-state index contributed by atoms with van der Waals surface area (Å²) in [7, 11) is 0. The smallest absolute Gasteiger partial charge is 0.251 e. The third-order valence-corrected chi connectivity index (χ3v) is 2.82. The Morgan fingerprint density at radius 2 is 2.28 bits per heavy atom. The van der Waals surface area contributed by atoms with E-state index in [-0.39, 0.29) is 12.0 Å². The minimum atomic E-state index is -0.0651. The molecule has 1 atom stereocenters. The minimum absolute atomic E-state index is 0.0370. The van der Waals surface area contributed by atoms with Gasteiger partial charge >= 0.3 is 0 Å². The molecule has 1 amide bonds. The molecule has 1 unspecified atom stereocenters. The highest BCUT2D eigenvalue weighted by atomic mass is 16.5. The third kappa shape index (κ3) is 2.90. The Morgan fingerprint density at radius 3 is 3.06 bits per heavy atom. The van der Waals surface area contributed by atoms with Crippen LogP contribution in [-0.4, -0.2) is 30.1 Å². The number of carbonyl (C=O) groups excluding carboxylic acids is 1. The van der Waals surface area contributed by atoms with E-state index in [4.69, 9.17) is 4.74 Å². The van der Waals surface area contributed by atoms with Gasteiger partial charge in [-0.3, -0.25) is 4.79 Å². The Balaban J connectivity index is 1.99. The number of hydrogen-bond acceptors (Lipinski definition) is 2. The largest absolute Gasteiger partial charge is 0.377 e. The van der Waals surface area contributed by atoms with Gasteiger partial charge in [0.25, 0.3) is 5.91 Å². The summed E-state index contributed by atoms with van der Waals surface area (Å²) in [6.45, 7) is 5.07. The van der Waals surface area contributed by atoms with Crippen LogP contribution in [0.4, 0.5) is 0 Å². The first-order valence-corrected chi connectivity index (χ1v) is 6.17. The number of amides is 1. The maximum atomic E-state index is 11.9. The molecule has 0 aliphatic carbocycles. The van der Waals surface area contributed by atoms with Gasteiger partial charge in [-0.2, -0.15) is 0 Å². The number of aromatic amines is 1. The van der Waals surface area contributed by atoms with E-state index in [9.17, 15) is 4.79 Å². The van der Waals surface area contributed by atoms with Crippen LogP contribution < -0.4 is 5.32 Å². The zero-order valence-electron chi connectivity index (χ0n) is 10.7. The second-order valence-corrected chi connectivity index (χ2v) is 4.26. The molecule has 1 heterocycles. The molecular weight excluding hydrogens is 228 g/mol. The Bertz CT molecular complexity index is 533. The zero-order chi connectivity index (χ0) is 13.0. The summed E-state index contributed by atoms with van der Waals surface area (Å²) in [6.07, 6.45) is 1.90. The Morgan fingerprint density at radius 1 is 1.44 bits per heavy atom. The predicted octanol–water partition coefficient (Wildman–Crippen LogP) is 2.32. The lowest BCUT2D eigenvalue weighted by molar-refractivity contribution is 0.0695. The molecule has 2 N–H and O–H groups in total. The summed E-state index contributed by atoms with van der Waals surface area (Å²) in [5, 5.41) is 3.91. The van der Waals surface area contributed by atoms with Gasteiger partial charge < -0.3 is 15.0 Å². The van der Waals surface area contributed by atoms with Gasteiger partial charge in [-0.1, -0.05) is 0 Å². The summed E-state index contributed by atoms with van der Waals surface area (Å²) in [4.78, 5) is 15.0. The van der Waals surface area contributed by atoms with E-state index < -0.39 is 0 Å². The van der Waals surface area contributed by atoms with Crippen molar-refractivity contribution in [2.75, 3.05) is 13.2 Å². The van der Waals surface area contributed by atoms with Crippen molar-refractivity contribution in [1.29, 1.82) is 0 Å². The fourth-order valence-electron chi connectivity index (χ4n) is 1.88. The molecule has 0 bridgehead atoms. The SMILES string of the molecule is CCOC(C)CNC(=O)c1ccc2[nH]ccc2c1. The molecule has 1 aromatic carbocycles. The number of ether oxygens (including phenoxy) is 1. The van der Waals surface area contributed by atoms with E-state index in [0.29, 0.717) is 18.7 Å². The normalized spacial score (nSPS) is 12.6. The molecule has 0 saturated carbocycles. The summed E-state index contributed by atoms with van der Waals surface area (Å²) in [5.41, 5.74) is 1.71. The summed E-state index contributed by atoms with van der Waals surface area (Å²) < 4.78 is 5.37. The first-order chi connectivity index (χ1) is 8.70. The fourth-order valence-corrected chi connectivity index (χ4v) is 1.88. The monoisotopic (exact) mass is 246 g/mol. The summed E-state index contributed by atoms with van der Waals surface area (Å²) in [6, 6.07) is 7.57. The van der Waals surface area contributed by atoms with Gasteiger partial charge in [0.2, 0.25) is 0 Å². The second-order valence-electron chi connectivity index (χ2n) is 4.26. The predicted molar refractivity (Wildman–Crippen MR) is 71.7 cm³/mol. The molecule has 96 valence electrons. The van der Waals surface area contributed by atoms with E-state index >= 15 is 0 Å². The molecule has 4 heteroatoms. The van der Waals surface area contributed by atoms with E-state index in [1.54, 1.807) is 0 Å². The van der Waals surface area contributed by atoms with Crippen LogP contribution in [0.1, 0.15) is 24.2 Å². The molecule has 0 aliphatic heterocycles. The topological polar surface area (TPSA) is 54.1 Å². The molecule has 0 fully saturated rings. The van der Waals surface area contributed by atoms with Crippen LogP contribution in [0.3, 0.4) is 0 Å². The molecule has 2 rings (SSSR count). The fraction of sp³-hybridized carbons (Fsp3) is 0.357. The first-order valence-electron chi connectivity index (χ1n) is 6.17. The highest BCUT2D eigenvalue weighted by Crippen LogP contribution is 2.14. The average Bonchev–Trinajstić information content (AvgIpc) is 2.83. The molecule has 0 spiro atoms. The average molecular weight is 246 g/mol. The van der Waals surface area contributed by atoms with Crippen molar-refractivity contribution in [3.63, 3.8) is 0 Å². The van der Waals surface area contributed by atoms with Gasteiger partial charge in [-0.15, -0.1) is 0 Å².